The van der Waals surface area contributed by atoms with Crippen molar-refractivity contribution >= 4 is 0 Å². The highest BCUT2D eigenvalue weighted by Crippen LogP contribution is 2.21. The van der Waals surface area contributed by atoms with E-state index in [-0.39, 0.29) is 0 Å². The highest BCUT2D eigenvalue weighted by molar-refractivity contribution is 5.52. The van der Waals surface area contributed by atoms with Crippen LogP contribution < -0.4 is 0 Å². The summed E-state index contributed by atoms with van der Waals surface area (Å²) in [6, 6.07) is 1.97. The van der Waals surface area contributed by atoms with Gasteiger partial charge in [0.1, 0.15) is 12.1 Å². The molecule has 4 rings (SSSR count). The molecular formula is C16H16N6O. The molecule has 23 heavy (non-hydrogen) atoms. The van der Waals surface area contributed by atoms with E-state index >= 15 is 0 Å². The summed E-state index contributed by atoms with van der Waals surface area (Å²) in [5.74, 6) is 1.51. The fourth-order valence-electron chi connectivity index (χ4n) is 2.77. The quantitative estimate of drug-likeness (QED) is 0.729. The Hall–Kier alpha value is -2.67. The van der Waals surface area contributed by atoms with Gasteiger partial charge in [-0.25, -0.2) is 19.9 Å². The molecule has 0 aliphatic carbocycles. The average Bonchev–Trinajstić information content (AvgIpc) is 3.00. The van der Waals surface area contributed by atoms with Gasteiger partial charge in [0.15, 0.2) is 5.82 Å². The minimum absolute atomic E-state index is 0.670. The second-order valence-corrected chi connectivity index (χ2v) is 5.68. The van der Waals surface area contributed by atoms with Crippen LogP contribution in [0.5, 0.6) is 0 Å². The van der Waals surface area contributed by atoms with Crippen LogP contribution in [-0.2, 0) is 19.5 Å². The normalized spacial score (nSPS) is 14.7. The number of hydrogen-bond acceptors (Lipinski definition) is 7. The van der Waals surface area contributed by atoms with Crippen LogP contribution in [0.2, 0.25) is 0 Å². The van der Waals surface area contributed by atoms with Crippen molar-refractivity contribution in [3.05, 3.63) is 53.7 Å². The van der Waals surface area contributed by atoms with E-state index in [1.807, 2.05) is 19.2 Å². The number of rotatable bonds is 3. The van der Waals surface area contributed by atoms with E-state index in [9.17, 15) is 0 Å². The molecule has 0 atom stereocenters. The predicted molar refractivity (Wildman–Crippen MR) is 82.1 cm³/mol. The first-order valence-electron chi connectivity index (χ1n) is 7.52. The lowest BCUT2D eigenvalue weighted by Crippen LogP contribution is -2.31. The van der Waals surface area contributed by atoms with Gasteiger partial charge >= 0.3 is 0 Å². The molecule has 116 valence electrons. The van der Waals surface area contributed by atoms with Crippen molar-refractivity contribution in [1.29, 1.82) is 0 Å². The molecule has 0 fully saturated rings. The maximum Gasteiger partial charge on any atom is 0.162 e. The monoisotopic (exact) mass is 308 g/mol. The van der Waals surface area contributed by atoms with Crippen LogP contribution in [0.3, 0.4) is 0 Å². The minimum Gasteiger partial charge on any atom is -0.361 e. The molecule has 3 aromatic heterocycles. The molecule has 1 aliphatic heterocycles. The van der Waals surface area contributed by atoms with Gasteiger partial charge in [0.05, 0.1) is 17.0 Å². The molecule has 0 radical (unpaired) electrons. The third kappa shape index (κ3) is 2.95. The van der Waals surface area contributed by atoms with Gasteiger partial charge in [-0.1, -0.05) is 5.16 Å². The third-order valence-corrected chi connectivity index (χ3v) is 3.91. The number of nitrogens with zero attached hydrogens (tertiary/aromatic N) is 6. The lowest BCUT2D eigenvalue weighted by Gasteiger charge is -2.27. The molecule has 0 aromatic carbocycles. The van der Waals surface area contributed by atoms with Crippen LogP contribution in [0.1, 0.15) is 22.7 Å². The van der Waals surface area contributed by atoms with Crippen LogP contribution in [0, 0.1) is 6.92 Å². The fourth-order valence-corrected chi connectivity index (χ4v) is 2.77. The van der Waals surface area contributed by atoms with Crippen LogP contribution in [0.25, 0.3) is 11.4 Å². The summed E-state index contributed by atoms with van der Waals surface area (Å²) in [5.41, 5.74) is 4.06. The Bertz CT molecular complexity index is 816. The largest absolute Gasteiger partial charge is 0.361 e. The minimum atomic E-state index is 0.670. The van der Waals surface area contributed by atoms with E-state index in [1.165, 1.54) is 11.9 Å². The van der Waals surface area contributed by atoms with Gasteiger partial charge in [-0.05, 0) is 18.9 Å². The van der Waals surface area contributed by atoms with Crippen LogP contribution in [-0.4, -0.2) is 36.5 Å². The Kier molecular flexibility index (Phi) is 3.55. The van der Waals surface area contributed by atoms with E-state index in [1.54, 1.807) is 12.4 Å². The Labute approximate surface area is 133 Å². The predicted octanol–water partition coefficient (Wildman–Crippen LogP) is 1.79. The molecule has 0 amide bonds. The summed E-state index contributed by atoms with van der Waals surface area (Å²) in [5, 5.41) is 4.07. The van der Waals surface area contributed by atoms with Gasteiger partial charge in [-0.3, -0.25) is 4.90 Å². The Morgan fingerprint density at radius 2 is 2.09 bits per heavy atom. The average molecular weight is 308 g/mol. The van der Waals surface area contributed by atoms with E-state index in [4.69, 9.17) is 9.51 Å². The molecule has 0 N–H and O–H groups in total. The zero-order valence-corrected chi connectivity index (χ0v) is 12.8. The van der Waals surface area contributed by atoms with Crippen LogP contribution >= 0.6 is 0 Å². The standard InChI is InChI=1S/C16H16N6O/c1-11-4-14(21-23-11)8-22-3-2-12-7-19-16(20-15(12)9-22)13-5-17-10-18-6-13/h4-7,10H,2-3,8-9H2,1H3. The first-order chi connectivity index (χ1) is 11.3. The number of aryl methyl sites for hydroxylation is 1. The molecule has 0 saturated heterocycles. The third-order valence-electron chi connectivity index (χ3n) is 3.91. The second kappa shape index (κ2) is 5.85. The van der Waals surface area contributed by atoms with E-state index < -0.39 is 0 Å². The Balaban J connectivity index is 1.56. The maximum atomic E-state index is 5.14. The van der Waals surface area contributed by atoms with Gasteiger partial charge in [-0.15, -0.1) is 0 Å². The van der Waals surface area contributed by atoms with Crippen molar-refractivity contribution in [3.63, 3.8) is 0 Å². The Morgan fingerprint density at radius 3 is 2.87 bits per heavy atom. The maximum absolute atomic E-state index is 5.14. The highest BCUT2D eigenvalue weighted by atomic mass is 16.5. The molecule has 3 aromatic rings. The molecule has 0 spiro atoms. The summed E-state index contributed by atoms with van der Waals surface area (Å²) >= 11 is 0. The molecule has 0 unspecified atom stereocenters. The van der Waals surface area contributed by atoms with Crippen molar-refractivity contribution in [3.8, 4) is 11.4 Å². The zero-order chi connectivity index (χ0) is 15.6. The summed E-state index contributed by atoms with van der Waals surface area (Å²) in [6.07, 6.45) is 7.82. The van der Waals surface area contributed by atoms with Crippen LogP contribution in [0.4, 0.5) is 0 Å². The second-order valence-electron chi connectivity index (χ2n) is 5.68. The van der Waals surface area contributed by atoms with Crippen molar-refractivity contribution < 1.29 is 4.52 Å². The molecule has 7 heteroatoms. The van der Waals surface area contributed by atoms with Crippen molar-refractivity contribution in [2.45, 2.75) is 26.4 Å². The topological polar surface area (TPSA) is 80.8 Å². The van der Waals surface area contributed by atoms with Gasteiger partial charge in [0, 0.05) is 44.3 Å². The van der Waals surface area contributed by atoms with Gasteiger partial charge < -0.3 is 4.52 Å². The van der Waals surface area contributed by atoms with E-state index in [2.05, 4.69) is 25.0 Å². The van der Waals surface area contributed by atoms with Gasteiger partial charge in [0.25, 0.3) is 0 Å². The highest BCUT2D eigenvalue weighted by Gasteiger charge is 2.20. The summed E-state index contributed by atoms with van der Waals surface area (Å²) < 4.78 is 5.14. The summed E-state index contributed by atoms with van der Waals surface area (Å²) in [4.78, 5) is 19.5. The SMILES string of the molecule is Cc1cc(CN2CCc3cnc(-c4cncnc4)nc3C2)no1. The Morgan fingerprint density at radius 1 is 1.22 bits per heavy atom. The molecule has 0 bridgehead atoms. The zero-order valence-electron chi connectivity index (χ0n) is 12.8. The van der Waals surface area contributed by atoms with Crippen LogP contribution in [0.15, 0.2) is 35.5 Å². The molecule has 7 nitrogen and oxygen atoms in total. The number of aromatic nitrogens is 5. The first-order valence-corrected chi connectivity index (χ1v) is 7.52. The smallest absolute Gasteiger partial charge is 0.162 e. The lowest BCUT2D eigenvalue weighted by molar-refractivity contribution is 0.233. The molecule has 0 saturated carbocycles. The lowest BCUT2D eigenvalue weighted by atomic mass is 10.1. The number of fused-ring (bicyclic) bond motifs is 1. The van der Waals surface area contributed by atoms with Gasteiger partial charge in [-0.2, -0.15) is 0 Å². The summed E-state index contributed by atoms with van der Waals surface area (Å²) in [7, 11) is 0. The first kappa shape index (κ1) is 14.0. The van der Waals surface area contributed by atoms with Crippen molar-refractivity contribution in [2.75, 3.05) is 6.54 Å². The van der Waals surface area contributed by atoms with Gasteiger partial charge in [0.2, 0.25) is 0 Å². The molecule has 4 heterocycles. The number of hydrogen-bond donors (Lipinski definition) is 0. The van der Waals surface area contributed by atoms with E-state index in [0.717, 1.165) is 48.8 Å². The fraction of sp³-hybridized carbons (Fsp3) is 0.312. The van der Waals surface area contributed by atoms with Crippen molar-refractivity contribution in [1.82, 2.24) is 30.0 Å². The van der Waals surface area contributed by atoms with E-state index in [0.29, 0.717) is 5.82 Å². The van der Waals surface area contributed by atoms with Crippen molar-refractivity contribution in [2.24, 2.45) is 0 Å². The summed E-state index contributed by atoms with van der Waals surface area (Å²) in [6.45, 7) is 4.43. The molecule has 1 aliphatic rings. The molecular weight excluding hydrogens is 292 g/mol.